The molecule has 0 spiro atoms. The van der Waals surface area contributed by atoms with Crippen molar-refractivity contribution in [1.29, 1.82) is 0 Å². The van der Waals surface area contributed by atoms with Crippen molar-refractivity contribution >= 4 is 5.78 Å². The number of alkyl halides is 3. The maximum absolute atomic E-state index is 12.2. The fourth-order valence-electron chi connectivity index (χ4n) is 1.18. The third-order valence-electron chi connectivity index (χ3n) is 2.06. The monoisotopic (exact) mass is 244 g/mol. The minimum absolute atomic E-state index is 0.0726. The van der Waals surface area contributed by atoms with Gasteiger partial charge in [-0.25, -0.2) is 0 Å². The first kappa shape index (κ1) is 13.4. The van der Waals surface area contributed by atoms with Crippen molar-refractivity contribution in [3.63, 3.8) is 0 Å². The van der Waals surface area contributed by atoms with Gasteiger partial charge >= 0.3 is 6.18 Å². The van der Waals surface area contributed by atoms with Crippen LogP contribution in [0.2, 0.25) is 0 Å². The van der Waals surface area contributed by atoms with E-state index in [2.05, 4.69) is 0 Å². The van der Waals surface area contributed by atoms with Crippen LogP contribution >= 0.6 is 0 Å². The van der Waals surface area contributed by atoms with Gasteiger partial charge in [-0.05, 0) is 24.6 Å². The maximum Gasteiger partial charge on any atom is 0.416 e. The van der Waals surface area contributed by atoms with Gasteiger partial charge in [0.2, 0.25) is 0 Å². The lowest BCUT2D eigenvalue weighted by atomic mass is 10.1. The minimum Gasteiger partial charge on any atom is -0.396 e. The van der Waals surface area contributed by atoms with E-state index in [1.54, 1.807) is 0 Å². The molecule has 0 unspecified atom stereocenters. The van der Waals surface area contributed by atoms with Crippen LogP contribution < -0.4 is 0 Å². The lowest BCUT2D eigenvalue weighted by molar-refractivity contribution is -0.137. The summed E-state index contributed by atoms with van der Waals surface area (Å²) in [6, 6.07) is 4.00. The summed E-state index contributed by atoms with van der Waals surface area (Å²) >= 11 is 0. The lowest BCUT2D eigenvalue weighted by Crippen LogP contribution is -2.05. The van der Waals surface area contributed by atoms with E-state index >= 15 is 0 Å². The Hall–Kier alpha value is -1.62. The summed E-state index contributed by atoms with van der Waals surface area (Å²) in [7, 11) is 0. The Morgan fingerprint density at radius 3 is 2.29 bits per heavy atom. The number of carbonyl (C=O) groups is 1. The molecule has 1 aromatic rings. The zero-order valence-corrected chi connectivity index (χ0v) is 8.87. The van der Waals surface area contributed by atoms with E-state index < -0.39 is 11.7 Å². The Kier molecular flexibility index (Phi) is 4.45. The summed E-state index contributed by atoms with van der Waals surface area (Å²) in [5.41, 5.74) is -0.597. The molecule has 0 aliphatic carbocycles. The van der Waals surface area contributed by atoms with Crippen LogP contribution in [0.1, 0.15) is 22.3 Å². The van der Waals surface area contributed by atoms with Crippen molar-refractivity contribution in [1.82, 2.24) is 0 Å². The van der Waals surface area contributed by atoms with Crippen LogP contribution in [-0.4, -0.2) is 17.5 Å². The van der Waals surface area contributed by atoms with Crippen molar-refractivity contribution in [2.45, 2.75) is 12.6 Å². The smallest absolute Gasteiger partial charge is 0.396 e. The average Bonchev–Trinajstić information content (AvgIpc) is 2.28. The number of ketones is 1. The summed E-state index contributed by atoms with van der Waals surface area (Å²) in [4.78, 5) is 11.4. The van der Waals surface area contributed by atoms with Gasteiger partial charge in [0.1, 0.15) is 0 Å². The predicted octanol–water partition coefficient (Wildman–Crippen LogP) is 2.83. The molecule has 0 amide bonds. The van der Waals surface area contributed by atoms with Crippen LogP contribution in [0.25, 0.3) is 0 Å². The summed E-state index contributed by atoms with van der Waals surface area (Å²) in [5, 5.41) is 8.49. The zero-order chi connectivity index (χ0) is 12.9. The van der Waals surface area contributed by atoms with Crippen molar-refractivity contribution in [2.24, 2.45) is 0 Å². The number of aliphatic hydroxyl groups excluding tert-OH is 1. The van der Waals surface area contributed by atoms with Gasteiger partial charge < -0.3 is 5.11 Å². The van der Waals surface area contributed by atoms with Gasteiger partial charge in [-0.3, -0.25) is 4.79 Å². The Morgan fingerprint density at radius 1 is 1.24 bits per heavy atom. The highest BCUT2D eigenvalue weighted by molar-refractivity contribution is 6.04. The lowest BCUT2D eigenvalue weighted by Gasteiger charge is -2.06. The molecule has 1 rings (SSSR count). The molecule has 92 valence electrons. The van der Waals surface area contributed by atoms with E-state index in [-0.39, 0.29) is 18.0 Å². The number of halogens is 3. The number of hydrogen-bond donors (Lipinski definition) is 1. The van der Waals surface area contributed by atoms with E-state index in [9.17, 15) is 18.0 Å². The highest BCUT2D eigenvalue weighted by Gasteiger charge is 2.30. The van der Waals surface area contributed by atoms with Gasteiger partial charge in [-0.15, -0.1) is 0 Å². The third-order valence-corrected chi connectivity index (χ3v) is 2.06. The van der Waals surface area contributed by atoms with E-state index in [4.69, 9.17) is 5.11 Å². The molecule has 5 heteroatoms. The van der Waals surface area contributed by atoms with Gasteiger partial charge in [-0.2, -0.15) is 13.2 Å². The van der Waals surface area contributed by atoms with Gasteiger partial charge in [0, 0.05) is 12.2 Å². The summed E-state index contributed by atoms with van der Waals surface area (Å²) in [6.45, 7) is -0.0726. The van der Waals surface area contributed by atoms with Gasteiger partial charge in [0.05, 0.1) is 5.56 Å². The minimum atomic E-state index is -4.39. The maximum atomic E-state index is 12.2. The summed E-state index contributed by atoms with van der Waals surface area (Å²) < 4.78 is 36.7. The number of carbonyl (C=O) groups excluding carboxylic acids is 1. The second kappa shape index (κ2) is 5.63. The largest absolute Gasteiger partial charge is 0.416 e. The molecule has 0 aliphatic rings. The summed E-state index contributed by atoms with van der Waals surface area (Å²) in [6.07, 6.45) is -1.35. The number of allylic oxidation sites excluding steroid dienone is 1. The Bertz CT molecular complexity index is 405. The van der Waals surface area contributed by atoms with Crippen LogP contribution in [-0.2, 0) is 6.18 Å². The van der Waals surface area contributed by atoms with Crippen LogP contribution in [0.4, 0.5) is 13.2 Å². The summed E-state index contributed by atoms with van der Waals surface area (Å²) in [5.74, 6) is -0.382. The molecule has 1 N–H and O–H groups in total. The van der Waals surface area contributed by atoms with E-state index in [0.717, 1.165) is 24.3 Å². The van der Waals surface area contributed by atoms with E-state index in [0.29, 0.717) is 6.42 Å². The average molecular weight is 244 g/mol. The molecule has 0 heterocycles. The SMILES string of the molecule is O=C(/C=C/CCO)c1ccc(C(F)(F)F)cc1. The van der Waals surface area contributed by atoms with Crippen LogP contribution in [0.15, 0.2) is 36.4 Å². The van der Waals surface area contributed by atoms with Gasteiger partial charge in [0.25, 0.3) is 0 Å². The topological polar surface area (TPSA) is 37.3 Å². The van der Waals surface area contributed by atoms with E-state index in [1.807, 2.05) is 0 Å². The van der Waals surface area contributed by atoms with Crippen LogP contribution in [0.5, 0.6) is 0 Å². The molecule has 0 radical (unpaired) electrons. The quantitative estimate of drug-likeness (QED) is 0.653. The van der Waals surface area contributed by atoms with Crippen LogP contribution in [0, 0.1) is 0 Å². The molecule has 0 aromatic heterocycles. The first-order valence-electron chi connectivity index (χ1n) is 4.94. The molecule has 2 nitrogen and oxygen atoms in total. The second-order valence-corrected chi connectivity index (χ2v) is 3.35. The van der Waals surface area contributed by atoms with Gasteiger partial charge in [0.15, 0.2) is 5.78 Å². The highest BCUT2D eigenvalue weighted by atomic mass is 19.4. The zero-order valence-electron chi connectivity index (χ0n) is 8.87. The predicted molar refractivity (Wildman–Crippen MR) is 56.6 cm³/mol. The molecule has 17 heavy (non-hydrogen) atoms. The number of benzene rings is 1. The third kappa shape index (κ3) is 4.03. The van der Waals surface area contributed by atoms with E-state index in [1.165, 1.54) is 12.2 Å². The van der Waals surface area contributed by atoms with Crippen molar-refractivity contribution in [2.75, 3.05) is 6.61 Å². The molecular formula is C12H11F3O2. The fourth-order valence-corrected chi connectivity index (χ4v) is 1.18. The molecule has 1 aromatic carbocycles. The highest BCUT2D eigenvalue weighted by Crippen LogP contribution is 2.29. The van der Waals surface area contributed by atoms with Crippen molar-refractivity contribution < 1.29 is 23.1 Å². The number of hydrogen-bond acceptors (Lipinski definition) is 2. The van der Waals surface area contributed by atoms with Crippen molar-refractivity contribution in [3.8, 4) is 0 Å². The molecule has 0 bridgehead atoms. The molecule has 0 aliphatic heterocycles. The fraction of sp³-hybridized carbons (Fsp3) is 0.250. The molecule has 0 atom stereocenters. The Morgan fingerprint density at radius 2 is 1.82 bits per heavy atom. The normalized spacial score (nSPS) is 12.0. The van der Waals surface area contributed by atoms with Gasteiger partial charge in [-0.1, -0.05) is 18.2 Å². The molecule has 0 fully saturated rings. The Labute approximate surface area is 96.4 Å². The number of rotatable bonds is 4. The molecule has 0 saturated heterocycles. The Balaban J connectivity index is 2.78. The standard InChI is InChI=1S/C12H11F3O2/c13-12(14,15)10-6-4-9(5-7-10)11(17)3-1-2-8-16/h1,3-7,16H,2,8H2/b3-1+. The van der Waals surface area contributed by atoms with Crippen LogP contribution in [0.3, 0.4) is 0 Å². The van der Waals surface area contributed by atoms with Crippen molar-refractivity contribution in [3.05, 3.63) is 47.5 Å². The first-order valence-corrected chi connectivity index (χ1v) is 4.94. The second-order valence-electron chi connectivity index (χ2n) is 3.35. The molecule has 0 saturated carbocycles. The first-order chi connectivity index (χ1) is 7.95. The molecular weight excluding hydrogens is 233 g/mol. The number of aliphatic hydroxyl groups is 1.